The number of aliphatic hydroxyl groups excluding tert-OH is 1. The quantitative estimate of drug-likeness (QED) is 0.164. The van der Waals surface area contributed by atoms with Crippen molar-refractivity contribution >= 4 is 39.7 Å². The maximum Gasteiger partial charge on any atom is 0.469 e. The summed E-state index contributed by atoms with van der Waals surface area (Å²) in [5.74, 6) is -0.560. The molecule has 0 bridgehead atoms. The predicted molar refractivity (Wildman–Crippen MR) is 126 cm³/mol. The van der Waals surface area contributed by atoms with Crippen LogP contribution in [0.2, 0.25) is 65.0 Å². The van der Waals surface area contributed by atoms with Crippen LogP contribution in [0.3, 0.4) is 0 Å². The van der Waals surface area contributed by atoms with Gasteiger partial charge in [0.2, 0.25) is 0 Å². The first-order valence-corrected chi connectivity index (χ1v) is 22.3. The Labute approximate surface area is 181 Å². The molecule has 0 aliphatic carbocycles. The van der Waals surface area contributed by atoms with Gasteiger partial charge in [0.05, 0.1) is 6.61 Å². The van der Waals surface area contributed by atoms with Gasteiger partial charge in [-0.1, -0.05) is 6.58 Å². The standard InChI is InChI=1S/C18H42O7Si4/c1-11-18(20)22-16-17(19)15-21-13-12-14-29(23-26(2,3)4,24-27(5,6)7)25-28(8,9)10/h11,17,19H,1,12-16H2,2-10H3. The van der Waals surface area contributed by atoms with E-state index in [0.717, 1.165) is 6.08 Å². The van der Waals surface area contributed by atoms with Crippen molar-refractivity contribution in [1.82, 2.24) is 0 Å². The van der Waals surface area contributed by atoms with Gasteiger partial charge in [0, 0.05) is 18.7 Å². The molecule has 7 nitrogen and oxygen atoms in total. The van der Waals surface area contributed by atoms with Crippen LogP contribution in [0.15, 0.2) is 12.7 Å². The molecule has 0 radical (unpaired) electrons. The average Bonchev–Trinajstić information content (AvgIpc) is 2.46. The molecule has 0 aromatic rings. The van der Waals surface area contributed by atoms with E-state index in [0.29, 0.717) is 19.1 Å². The van der Waals surface area contributed by atoms with Gasteiger partial charge in [-0.15, -0.1) is 0 Å². The van der Waals surface area contributed by atoms with Crippen LogP contribution in [0, 0.1) is 0 Å². The van der Waals surface area contributed by atoms with Crippen molar-refractivity contribution in [3.8, 4) is 0 Å². The monoisotopic (exact) mass is 482 g/mol. The Balaban J connectivity index is 4.90. The molecule has 0 aliphatic rings. The molecular weight excluding hydrogens is 441 g/mol. The van der Waals surface area contributed by atoms with Gasteiger partial charge in [-0.3, -0.25) is 0 Å². The molecule has 0 rings (SSSR count). The topological polar surface area (TPSA) is 83.5 Å². The van der Waals surface area contributed by atoms with Crippen LogP contribution in [-0.4, -0.2) is 70.8 Å². The summed E-state index contributed by atoms with van der Waals surface area (Å²) in [4.78, 5) is 11.0. The van der Waals surface area contributed by atoms with E-state index in [1.54, 1.807) is 0 Å². The highest BCUT2D eigenvalue weighted by Crippen LogP contribution is 2.29. The fourth-order valence-corrected chi connectivity index (χ4v) is 17.1. The van der Waals surface area contributed by atoms with E-state index in [2.05, 4.69) is 65.5 Å². The number of esters is 1. The lowest BCUT2D eigenvalue weighted by molar-refractivity contribution is -0.141. The van der Waals surface area contributed by atoms with Crippen LogP contribution in [0.4, 0.5) is 0 Å². The largest absolute Gasteiger partial charge is 0.469 e. The third kappa shape index (κ3) is 16.3. The molecule has 11 heteroatoms. The summed E-state index contributed by atoms with van der Waals surface area (Å²) in [5.41, 5.74) is 0. The van der Waals surface area contributed by atoms with E-state index >= 15 is 0 Å². The van der Waals surface area contributed by atoms with Gasteiger partial charge in [0.15, 0.2) is 25.0 Å². The van der Waals surface area contributed by atoms with Crippen molar-refractivity contribution in [3.05, 3.63) is 12.7 Å². The third-order valence-corrected chi connectivity index (χ3v) is 15.1. The first kappa shape index (κ1) is 28.9. The minimum absolute atomic E-state index is 0.0949. The van der Waals surface area contributed by atoms with Gasteiger partial charge in [-0.2, -0.15) is 0 Å². The zero-order chi connectivity index (χ0) is 22.9. The molecule has 0 saturated carbocycles. The lowest BCUT2D eigenvalue weighted by Gasteiger charge is -2.42. The van der Waals surface area contributed by atoms with Crippen molar-refractivity contribution in [2.45, 2.75) is 77.5 Å². The van der Waals surface area contributed by atoms with Crippen molar-refractivity contribution in [2.75, 3.05) is 19.8 Å². The van der Waals surface area contributed by atoms with Crippen molar-refractivity contribution in [3.63, 3.8) is 0 Å². The number of rotatable bonds is 15. The molecule has 0 aliphatic heterocycles. The number of hydrogen-bond donors (Lipinski definition) is 1. The van der Waals surface area contributed by atoms with Crippen molar-refractivity contribution in [1.29, 1.82) is 0 Å². The maximum atomic E-state index is 11.0. The smallest absolute Gasteiger partial charge is 0.460 e. The summed E-state index contributed by atoms with van der Waals surface area (Å²) >= 11 is 0. The van der Waals surface area contributed by atoms with E-state index in [-0.39, 0.29) is 13.2 Å². The van der Waals surface area contributed by atoms with E-state index in [9.17, 15) is 9.90 Å². The van der Waals surface area contributed by atoms with Gasteiger partial charge < -0.3 is 26.9 Å². The molecule has 29 heavy (non-hydrogen) atoms. The Bertz CT molecular complexity index is 469. The van der Waals surface area contributed by atoms with Crippen LogP contribution in [0.25, 0.3) is 0 Å². The number of aliphatic hydroxyl groups is 1. The van der Waals surface area contributed by atoms with Crippen LogP contribution in [0.5, 0.6) is 0 Å². The first-order valence-electron chi connectivity index (χ1n) is 10.1. The van der Waals surface area contributed by atoms with Gasteiger partial charge in [0.25, 0.3) is 0 Å². The lowest BCUT2D eigenvalue weighted by atomic mass is 10.4. The lowest BCUT2D eigenvalue weighted by Crippen LogP contribution is -2.60. The van der Waals surface area contributed by atoms with E-state index in [4.69, 9.17) is 21.8 Å². The zero-order valence-electron chi connectivity index (χ0n) is 19.8. The van der Waals surface area contributed by atoms with Gasteiger partial charge in [-0.25, -0.2) is 4.79 Å². The summed E-state index contributed by atoms with van der Waals surface area (Å²) < 4.78 is 30.2. The van der Waals surface area contributed by atoms with E-state index < -0.39 is 45.8 Å². The minimum atomic E-state index is -2.85. The molecule has 0 saturated heterocycles. The van der Waals surface area contributed by atoms with Crippen molar-refractivity contribution in [2.24, 2.45) is 0 Å². The molecule has 1 unspecified atom stereocenters. The fraction of sp³-hybridized carbons (Fsp3) is 0.833. The highest BCUT2D eigenvalue weighted by molar-refractivity contribution is 6.90. The van der Waals surface area contributed by atoms with E-state index in [1.165, 1.54) is 0 Å². The van der Waals surface area contributed by atoms with Gasteiger partial charge in [0.1, 0.15) is 12.7 Å². The molecule has 0 heterocycles. The van der Waals surface area contributed by atoms with Crippen LogP contribution in [0.1, 0.15) is 6.42 Å². The Kier molecular flexibility index (Phi) is 12.0. The minimum Gasteiger partial charge on any atom is -0.460 e. The number of carbonyl (C=O) groups excluding carboxylic acids is 1. The molecule has 0 spiro atoms. The maximum absolute atomic E-state index is 11.0. The second kappa shape index (κ2) is 12.1. The molecule has 1 N–H and O–H groups in total. The Morgan fingerprint density at radius 2 is 1.34 bits per heavy atom. The Morgan fingerprint density at radius 1 is 0.897 bits per heavy atom. The summed E-state index contributed by atoms with van der Waals surface area (Å²) in [6.07, 6.45) is 0.911. The highest BCUT2D eigenvalue weighted by atomic mass is 28.5. The Hall–Kier alpha value is -0.122. The van der Waals surface area contributed by atoms with Gasteiger partial charge in [-0.05, 0) is 65.3 Å². The molecule has 0 amide bonds. The summed E-state index contributed by atoms with van der Waals surface area (Å²) in [6, 6.07) is 0.688. The second-order valence-electron chi connectivity index (χ2n) is 9.99. The van der Waals surface area contributed by atoms with Crippen LogP contribution >= 0.6 is 0 Å². The van der Waals surface area contributed by atoms with Gasteiger partial charge >= 0.3 is 14.8 Å². The SMILES string of the molecule is C=CC(=O)OCC(O)COCCC[Si](O[Si](C)(C)C)(O[Si](C)(C)C)O[Si](C)(C)C. The number of hydrogen-bond acceptors (Lipinski definition) is 7. The van der Waals surface area contributed by atoms with Crippen molar-refractivity contribution < 1.29 is 31.7 Å². The second-order valence-corrected chi connectivity index (χ2v) is 27.0. The number of carbonyl (C=O) groups is 1. The third-order valence-electron chi connectivity index (χ3n) is 3.05. The Morgan fingerprint density at radius 3 is 1.72 bits per heavy atom. The fourth-order valence-electron chi connectivity index (χ4n) is 2.51. The van der Waals surface area contributed by atoms with E-state index in [1.807, 2.05) is 0 Å². The molecule has 0 aromatic carbocycles. The molecule has 0 fully saturated rings. The normalized spacial score (nSPS) is 14.6. The first-order chi connectivity index (χ1) is 13.0. The van der Waals surface area contributed by atoms with Crippen LogP contribution < -0.4 is 0 Å². The predicted octanol–water partition coefficient (Wildman–Crippen LogP) is 3.98. The molecule has 1 atom stereocenters. The van der Waals surface area contributed by atoms with Crippen LogP contribution in [-0.2, 0) is 26.6 Å². The summed E-state index contributed by atoms with van der Waals surface area (Å²) in [5, 5.41) is 9.83. The summed E-state index contributed by atoms with van der Waals surface area (Å²) in [7, 11) is -8.51. The molecular formula is C18H42O7Si4. The molecule has 172 valence electrons. The highest BCUT2D eigenvalue weighted by Gasteiger charge is 2.49. The summed E-state index contributed by atoms with van der Waals surface area (Å²) in [6.45, 7) is 23.2. The average molecular weight is 483 g/mol. The number of ether oxygens (including phenoxy) is 2. The molecule has 0 aromatic heterocycles. The zero-order valence-corrected chi connectivity index (χ0v) is 23.8.